The molecule has 164 valence electrons. The first-order valence-corrected chi connectivity index (χ1v) is 10.9. The maximum absolute atomic E-state index is 12.8. The van der Waals surface area contributed by atoms with E-state index >= 15 is 0 Å². The highest BCUT2D eigenvalue weighted by molar-refractivity contribution is 5.93. The number of imidazole rings is 1. The van der Waals surface area contributed by atoms with Gasteiger partial charge in [-0.3, -0.25) is 18.7 Å². The third-order valence-electron chi connectivity index (χ3n) is 5.85. The number of benzene rings is 1. The van der Waals surface area contributed by atoms with E-state index in [2.05, 4.69) is 5.32 Å². The first kappa shape index (κ1) is 21.0. The molecule has 0 bridgehead atoms. The normalized spacial score (nSPS) is 14.8. The minimum absolute atomic E-state index is 0.0404. The Morgan fingerprint density at radius 2 is 1.74 bits per heavy atom. The summed E-state index contributed by atoms with van der Waals surface area (Å²) in [5.74, 6) is -0.111. The number of nitrogens with zero attached hydrogens (tertiary/aromatic N) is 3. The van der Waals surface area contributed by atoms with E-state index in [0.717, 1.165) is 17.5 Å². The summed E-state index contributed by atoms with van der Waals surface area (Å²) in [6.07, 6.45) is 5.49. The molecule has 1 fully saturated rings. The summed E-state index contributed by atoms with van der Waals surface area (Å²) in [7, 11) is 0. The van der Waals surface area contributed by atoms with Crippen molar-refractivity contribution in [1.29, 1.82) is 0 Å². The smallest absolute Gasteiger partial charge is 0.329 e. The van der Waals surface area contributed by atoms with Crippen LogP contribution in [0.3, 0.4) is 0 Å². The van der Waals surface area contributed by atoms with Crippen molar-refractivity contribution in [2.24, 2.45) is 0 Å². The number of piperidine rings is 1. The number of para-hydroxylation sites is 2. The van der Waals surface area contributed by atoms with E-state index in [1.807, 2.05) is 31.2 Å². The van der Waals surface area contributed by atoms with Gasteiger partial charge in [-0.05, 0) is 37.5 Å². The first-order valence-electron chi connectivity index (χ1n) is 10.9. The van der Waals surface area contributed by atoms with E-state index in [4.69, 9.17) is 4.42 Å². The molecule has 8 nitrogen and oxygen atoms in total. The van der Waals surface area contributed by atoms with Crippen molar-refractivity contribution in [2.75, 3.05) is 13.1 Å². The number of fused-ring (bicyclic) bond motifs is 1. The Balaban J connectivity index is 1.32. The number of hydrogen-bond acceptors (Lipinski definition) is 4. The molecule has 1 aliphatic heterocycles. The van der Waals surface area contributed by atoms with Gasteiger partial charge in [0, 0.05) is 38.6 Å². The molecule has 0 atom stereocenters. The molecule has 3 aromatic rings. The van der Waals surface area contributed by atoms with Crippen LogP contribution in [0.15, 0.2) is 52.1 Å². The van der Waals surface area contributed by atoms with Crippen molar-refractivity contribution < 1.29 is 14.0 Å². The number of carbonyl (C=O) groups is 2. The summed E-state index contributed by atoms with van der Waals surface area (Å²) in [5.41, 5.74) is 2.25. The molecule has 0 radical (unpaired) electrons. The summed E-state index contributed by atoms with van der Waals surface area (Å²) >= 11 is 0. The molecule has 0 unspecified atom stereocenters. The Morgan fingerprint density at radius 1 is 1.06 bits per heavy atom. The molecule has 1 aliphatic rings. The predicted molar refractivity (Wildman–Crippen MR) is 117 cm³/mol. The van der Waals surface area contributed by atoms with Crippen LogP contribution in [0, 0.1) is 0 Å². The fourth-order valence-corrected chi connectivity index (χ4v) is 4.24. The Labute approximate surface area is 180 Å². The molecule has 0 aliphatic carbocycles. The third kappa shape index (κ3) is 4.42. The third-order valence-corrected chi connectivity index (χ3v) is 5.85. The van der Waals surface area contributed by atoms with Crippen LogP contribution in [-0.2, 0) is 17.9 Å². The lowest BCUT2D eigenvalue weighted by molar-refractivity contribution is -0.122. The van der Waals surface area contributed by atoms with E-state index in [9.17, 15) is 14.4 Å². The minimum Gasteiger partial charge on any atom is -0.472 e. The maximum atomic E-state index is 12.8. The molecule has 1 N–H and O–H groups in total. The van der Waals surface area contributed by atoms with Gasteiger partial charge in [0.05, 0.1) is 22.9 Å². The van der Waals surface area contributed by atoms with Crippen LogP contribution in [0.5, 0.6) is 0 Å². The van der Waals surface area contributed by atoms with Crippen molar-refractivity contribution in [3.05, 3.63) is 58.9 Å². The average molecular weight is 425 g/mol. The number of aryl methyl sites for hydroxylation is 2. The molecular formula is C23H28N4O4. The highest BCUT2D eigenvalue weighted by Gasteiger charge is 2.25. The number of rotatable bonds is 7. The Hall–Kier alpha value is -3.29. The summed E-state index contributed by atoms with van der Waals surface area (Å²) in [6, 6.07) is 9.41. The van der Waals surface area contributed by atoms with Gasteiger partial charge in [-0.15, -0.1) is 0 Å². The predicted octanol–water partition coefficient (Wildman–Crippen LogP) is 2.62. The largest absolute Gasteiger partial charge is 0.472 e. The van der Waals surface area contributed by atoms with Crippen LogP contribution < -0.4 is 11.0 Å². The van der Waals surface area contributed by atoms with Crippen LogP contribution in [0.1, 0.15) is 43.0 Å². The molecule has 2 amide bonds. The van der Waals surface area contributed by atoms with Crippen LogP contribution in [0.2, 0.25) is 0 Å². The number of furan rings is 1. The van der Waals surface area contributed by atoms with E-state index in [0.29, 0.717) is 44.6 Å². The fourth-order valence-electron chi connectivity index (χ4n) is 4.24. The Kier molecular flexibility index (Phi) is 6.25. The lowest BCUT2D eigenvalue weighted by Gasteiger charge is -2.32. The van der Waals surface area contributed by atoms with Crippen molar-refractivity contribution in [3.63, 3.8) is 0 Å². The first-order chi connectivity index (χ1) is 15.1. The standard InChI is InChI=1S/C23H28N4O4/c1-2-11-26-19-5-3-4-6-20(19)27(23(26)30)14-9-21(28)24-18-7-12-25(13-8-18)22(29)17-10-15-31-16-17/h3-6,10,15-16,18H,2,7-9,11-14H2,1H3,(H,24,28). The van der Waals surface area contributed by atoms with Crippen LogP contribution in [0.4, 0.5) is 0 Å². The zero-order valence-corrected chi connectivity index (χ0v) is 17.8. The minimum atomic E-state index is -0.0705. The van der Waals surface area contributed by atoms with Gasteiger partial charge in [-0.25, -0.2) is 4.79 Å². The van der Waals surface area contributed by atoms with Crippen LogP contribution >= 0.6 is 0 Å². The van der Waals surface area contributed by atoms with E-state index in [1.54, 1.807) is 20.1 Å². The van der Waals surface area contributed by atoms with Crippen molar-refractivity contribution in [3.8, 4) is 0 Å². The molecule has 2 aromatic heterocycles. The lowest BCUT2D eigenvalue weighted by atomic mass is 10.0. The second-order valence-corrected chi connectivity index (χ2v) is 7.97. The number of nitrogens with one attached hydrogen (secondary N) is 1. The average Bonchev–Trinajstić information content (AvgIpc) is 3.41. The Morgan fingerprint density at radius 3 is 2.35 bits per heavy atom. The van der Waals surface area contributed by atoms with Gasteiger partial charge in [-0.2, -0.15) is 0 Å². The fraction of sp³-hybridized carbons (Fsp3) is 0.435. The summed E-state index contributed by atoms with van der Waals surface area (Å²) in [6.45, 7) is 4.24. The van der Waals surface area contributed by atoms with Gasteiger partial charge in [-0.1, -0.05) is 19.1 Å². The number of aromatic nitrogens is 2. The molecule has 31 heavy (non-hydrogen) atoms. The molecule has 0 saturated carbocycles. The number of hydrogen-bond donors (Lipinski definition) is 1. The van der Waals surface area contributed by atoms with Gasteiger partial charge in [0.25, 0.3) is 5.91 Å². The molecule has 4 rings (SSSR count). The Bertz CT molecular complexity index is 1100. The summed E-state index contributed by atoms with van der Waals surface area (Å²) < 4.78 is 8.45. The second kappa shape index (κ2) is 9.24. The van der Waals surface area contributed by atoms with Crippen molar-refractivity contribution >= 4 is 22.8 Å². The van der Waals surface area contributed by atoms with Gasteiger partial charge >= 0.3 is 5.69 Å². The van der Waals surface area contributed by atoms with Gasteiger partial charge < -0.3 is 14.6 Å². The number of carbonyl (C=O) groups excluding carboxylic acids is 2. The highest BCUT2D eigenvalue weighted by Crippen LogP contribution is 2.16. The molecule has 1 aromatic carbocycles. The quantitative estimate of drug-likeness (QED) is 0.631. The van der Waals surface area contributed by atoms with Gasteiger partial charge in [0.2, 0.25) is 5.91 Å². The van der Waals surface area contributed by atoms with Gasteiger partial charge in [0.1, 0.15) is 6.26 Å². The highest BCUT2D eigenvalue weighted by atomic mass is 16.3. The number of amides is 2. The van der Waals surface area contributed by atoms with Crippen molar-refractivity contribution in [1.82, 2.24) is 19.4 Å². The molecular weight excluding hydrogens is 396 g/mol. The second-order valence-electron chi connectivity index (χ2n) is 7.97. The van der Waals surface area contributed by atoms with Crippen LogP contribution in [-0.4, -0.2) is 45.0 Å². The van der Waals surface area contributed by atoms with Crippen molar-refractivity contribution in [2.45, 2.75) is 51.7 Å². The van der Waals surface area contributed by atoms with E-state index < -0.39 is 0 Å². The summed E-state index contributed by atoms with van der Waals surface area (Å²) in [4.78, 5) is 39.5. The SMILES string of the molecule is CCCn1c(=O)n(CCC(=O)NC2CCN(C(=O)c3ccoc3)CC2)c2ccccc21. The topological polar surface area (TPSA) is 89.5 Å². The molecule has 1 saturated heterocycles. The van der Waals surface area contributed by atoms with E-state index in [1.165, 1.54) is 12.5 Å². The molecule has 8 heteroatoms. The lowest BCUT2D eigenvalue weighted by Crippen LogP contribution is -2.46. The maximum Gasteiger partial charge on any atom is 0.329 e. The van der Waals surface area contributed by atoms with Gasteiger partial charge in [0.15, 0.2) is 0 Å². The molecule has 0 spiro atoms. The number of likely N-dealkylation sites (tertiary alicyclic amines) is 1. The zero-order chi connectivity index (χ0) is 21.8. The zero-order valence-electron chi connectivity index (χ0n) is 17.8. The summed E-state index contributed by atoms with van der Waals surface area (Å²) in [5, 5.41) is 3.07. The molecule has 3 heterocycles. The monoisotopic (exact) mass is 424 g/mol. The van der Waals surface area contributed by atoms with Crippen LogP contribution in [0.25, 0.3) is 11.0 Å². The van der Waals surface area contributed by atoms with E-state index in [-0.39, 0.29) is 30.0 Å².